The summed E-state index contributed by atoms with van der Waals surface area (Å²) in [6.45, 7) is 1.90. The van der Waals surface area contributed by atoms with Gasteiger partial charge in [0.05, 0.1) is 12.3 Å². The van der Waals surface area contributed by atoms with Gasteiger partial charge in [0.15, 0.2) is 6.61 Å². The van der Waals surface area contributed by atoms with Crippen molar-refractivity contribution in [2.24, 2.45) is 0 Å². The quantitative estimate of drug-likeness (QED) is 0.551. The number of amides is 1. The standard InChI is InChI=1S/C19H17Cl2NO4/c1-2-25-17-6-4-3-5-16(17)22-18(23)12-26-19(24)10-8-13-7-9-14(20)11-15(13)21/h3-11H,2,12H2,1H3,(H,22,23). The predicted octanol–water partition coefficient (Wildman–Crippen LogP) is 4.59. The predicted molar refractivity (Wildman–Crippen MR) is 103 cm³/mol. The molecule has 136 valence electrons. The molecular weight excluding hydrogens is 377 g/mol. The summed E-state index contributed by atoms with van der Waals surface area (Å²) < 4.78 is 10.3. The molecule has 0 atom stereocenters. The van der Waals surface area contributed by atoms with Crippen LogP contribution in [0.2, 0.25) is 10.0 Å². The highest BCUT2D eigenvalue weighted by Crippen LogP contribution is 2.23. The lowest BCUT2D eigenvalue weighted by Crippen LogP contribution is -2.20. The summed E-state index contributed by atoms with van der Waals surface area (Å²) in [7, 11) is 0. The summed E-state index contributed by atoms with van der Waals surface area (Å²) in [5.74, 6) is -0.584. The van der Waals surface area contributed by atoms with Crippen molar-refractivity contribution >= 4 is 46.8 Å². The summed E-state index contributed by atoms with van der Waals surface area (Å²) in [5.41, 5.74) is 1.13. The molecule has 0 saturated carbocycles. The van der Waals surface area contributed by atoms with E-state index in [-0.39, 0.29) is 0 Å². The largest absolute Gasteiger partial charge is 0.492 e. The Morgan fingerprint density at radius 1 is 1.15 bits per heavy atom. The minimum absolute atomic E-state index is 0.409. The lowest BCUT2D eigenvalue weighted by Gasteiger charge is -2.11. The maximum atomic E-state index is 11.9. The number of para-hydroxylation sites is 2. The molecule has 1 N–H and O–H groups in total. The third-order valence-corrected chi connectivity index (χ3v) is 3.73. The van der Waals surface area contributed by atoms with Gasteiger partial charge in [-0.1, -0.05) is 41.4 Å². The topological polar surface area (TPSA) is 64.6 Å². The van der Waals surface area contributed by atoms with E-state index in [0.717, 1.165) is 0 Å². The summed E-state index contributed by atoms with van der Waals surface area (Å²) in [6.07, 6.45) is 2.68. The number of benzene rings is 2. The van der Waals surface area contributed by atoms with Gasteiger partial charge in [0.2, 0.25) is 0 Å². The summed E-state index contributed by atoms with van der Waals surface area (Å²) >= 11 is 11.8. The van der Waals surface area contributed by atoms with E-state index >= 15 is 0 Å². The summed E-state index contributed by atoms with van der Waals surface area (Å²) in [6, 6.07) is 11.9. The maximum Gasteiger partial charge on any atom is 0.331 e. The molecule has 2 aromatic carbocycles. The highest BCUT2D eigenvalue weighted by Gasteiger charge is 2.09. The molecule has 2 aromatic rings. The fourth-order valence-corrected chi connectivity index (χ4v) is 2.49. The second kappa shape index (κ2) is 9.85. The molecule has 7 heteroatoms. The molecule has 0 bridgehead atoms. The Bertz CT molecular complexity index is 821. The van der Waals surface area contributed by atoms with Gasteiger partial charge in [0.1, 0.15) is 5.75 Å². The van der Waals surface area contributed by atoms with Crippen LogP contribution in [0.5, 0.6) is 5.75 Å². The Balaban J connectivity index is 1.87. The zero-order chi connectivity index (χ0) is 18.9. The first-order valence-electron chi connectivity index (χ1n) is 7.81. The molecule has 1 amide bonds. The van der Waals surface area contributed by atoms with Crippen LogP contribution >= 0.6 is 23.2 Å². The zero-order valence-electron chi connectivity index (χ0n) is 14.0. The van der Waals surface area contributed by atoms with Crippen LogP contribution < -0.4 is 10.1 Å². The van der Waals surface area contributed by atoms with Crippen LogP contribution in [0.1, 0.15) is 12.5 Å². The molecule has 0 aromatic heterocycles. The highest BCUT2D eigenvalue weighted by molar-refractivity contribution is 6.35. The Morgan fingerprint density at radius 2 is 1.92 bits per heavy atom. The molecule has 2 rings (SSSR count). The smallest absolute Gasteiger partial charge is 0.331 e. The van der Waals surface area contributed by atoms with E-state index in [9.17, 15) is 9.59 Å². The fraction of sp³-hybridized carbons (Fsp3) is 0.158. The van der Waals surface area contributed by atoms with Gasteiger partial charge in [-0.2, -0.15) is 0 Å². The first-order chi connectivity index (χ1) is 12.5. The number of carbonyl (C=O) groups is 2. The van der Waals surface area contributed by atoms with Crippen LogP contribution in [0.25, 0.3) is 6.08 Å². The van der Waals surface area contributed by atoms with E-state index < -0.39 is 18.5 Å². The first-order valence-corrected chi connectivity index (χ1v) is 8.56. The number of halogens is 2. The van der Waals surface area contributed by atoms with Crippen LogP contribution in [0.15, 0.2) is 48.5 Å². The maximum absolute atomic E-state index is 11.9. The Hall–Kier alpha value is -2.50. The van der Waals surface area contributed by atoms with E-state index in [0.29, 0.717) is 33.7 Å². The van der Waals surface area contributed by atoms with Crippen LogP contribution in [-0.2, 0) is 14.3 Å². The van der Waals surface area contributed by atoms with Gasteiger partial charge in [-0.25, -0.2) is 4.79 Å². The van der Waals surface area contributed by atoms with Gasteiger partial charge in [-0.15, -0.1) is 0 Å². The van der Waals surface area contributed by atoms with Crippen molar-refractivity contribution in [3.8, 4) is 5.75 Å². The molecule has 0 fully saturated rings. The first kappa shape index (κ1) is 19.8. The number of hydrogen-bond donors (Lipinski definition) is 1. The average molecular weight is 394 g/mol. The minimum atomic E-state index is -0.663. The molecule has 0 heterocycles. The van der Waals surface area contributed by atoms with Crippen molar-refractivity contribution in [1.29, 1.82) is 0 Å². The number of esters is 1. The van der Waals surface area contributed by atoms with Gasteiger partial charge in [0.25, 0.3) is 5.91 Å². The average Bonchev–Trinajstić information content (AvgIpc) is 2.61. The Labute approximate surface area is 161 Å². The van der Waals surface area contributed by atoms with E-state index in [1.54, 1.807) is 42.5 Å². The van der Waals surface area contributed by atoms with Gasteiger partial charge in [-0.3, -0.25) is 4.79 Å². The van der Waals surface area contributed by atoms with Gasteiger partial charge < -0.3 is 14.8 Å². The lowest BCUT2D eigenvalue weighted by molar-refractivity contribution is -0.142. The molecule has 5 nitrogen and oxygen atoms in total. The third-order valence-electron chi connectivity index (χ3n) is 3.17. The lowest BCUT2D eigenvalue weighted by atomic mass is 10.2. The molecular formula is C19H17Cl2NO4. The van der Waals surface area contributed by atoms with Crippen LogP contribution in [0.3, 0.4) is 0 Å². The van der Waals surface area contributed by atoms with Crippen molar-refractivity contribution in [2.75, 3.05) is 18.5 Å². The van der Waals surface area contributed by atoms with Crippen LogP contribution in [-0.4, -0.2) is 25.1 Å². The van der Waals surface area contributed by atoms with Crippen molar-refractivity contribution in [2.45, 2.75) is 6.92 Å². The second-order valence-electron chi connectivity index (χ2n) is 5.08. The molecule has 0 spiro atoms. The third kappa shape index (κ3) is 6.10. The molecule has 0 aliphatic heterocycles. The minimum Gasteiger partial charge on any atom is -0.492 e. The van der Waals surface area contributed by atoms with E-state index in [4.69, 9.17) is 32.7 Å². The SMILES string of the molecule is CCOc1ccccc1NC(=O)COC(=O)C=Cc1ccc(Cl)cc1Cl. The van der Waals surface area contributed by atoms with Gasteiger partial charge in [-0.05, 0) is 42.8 Å². The number of rotatable bonds is 7. The number of ether oxygens (including phenoxy) is 2. The van der Waals surface area contributed by atoms with Crippen molar-refractivity contribution in [1.82, 2.24) is 0 Å². The van der Waals surface area contributed by atoms with Crippen LogP contribution in [0, 0.1) is 0 Å². The molecule has 0 aliphatic rings. The highest BCUT2D eigenvalue weighted by atomic mass is 35.5. The number of hydrogen-bond acceptors (Lipinski definition) is 4. The number of nitrogens with one attached hydrogen (secondary N) is 1. The van der Waals surface area contributed by atoms with Gasteiger partial charge >= 0.3 is 5.97 Å². The summed E-state index contributed by atoms with van der Waals surface area (Å²) in [4.78, 5) is 23.7. The van der Waals surface area contributed by atoms with Gasteiger partial charge in [0, 0.05) is 16.1 Å². The van der Waals surface area contributed by atoms with E-state index in [1.165, 1.54) is 12.2 Å². The van der Waals surface area contributed by atoms with Crippen molar-refractivity contribution in [3.63, 3.8) is 0 Å². The number of carbonyl (C=O) groups excluding carboxylic acids is 2. The second-order valence-corrected chi connectivity index (χ2v) is 5.93. The summed E-state index contributed by atoms with van der Waals surface area (Å²) in [5, 5.41) is 3.55. The molecule has 0 saturated heterocycles. The molecule has 0 aliphatic carbocycles. The van der Waals surface area contributed by atoms with Crippen molar-refractivity contribution in [3.05, 3.63) is 64.1 Å². The van der Waals surface area contributed by atoms with Crippen LogP contribution in [0.4, 0.5) is 5.69 Å². The molecule has 0 unspecified atom stereocenters. The molecule has 26 heavy (non-hydrogen) atoms. The number of anilines is 1. The zero-order valence-corrected chi connectivity index (χ0v) is 15.5. The van der Waals surface area contributed by atoms with E-state index in [2.05, 4.69) is 5.32 Å². The molecule has 0 radical (unpaired) electrons. The fourth-order valence-electron chi connectivity index (χ4n) is 2.02. The Kier molecular flexibility index (Phi) is 7.51. The Morgan fingerprint density at radius 3 is 2.65 bits per heavy atom. The van der Waals surface area contributed by atoms with E-state index in [1.807, 2.05) is 6.92 Å². The van der Waals surface area contributed by atoms with Crippen molar-refractivity contribution < 1.29 is 19.1 Å². The monoisotopic (exact) mass is 393 g/mol. The normalized spacial score (nSPS) is 10.6.